The van der Waals surface area contributed by atoms with Crippen LogP contribution in [0.5, 0.6) is 0 Å². The highest BCUT2D eigenvalue weighted by Gasteiger charge is 2.27. The van der Waals surface area contributed by atoms with Crippen molar-refractivity contribution in [1.82, 2.24) is 14.5 Å². The van der Waals surface area contributed by atoms with Crippen molar-refractivity contribution in [3.05, 3.63) is 92.3 Å². The minimum absolute atomic E-state index is 0.197. The first-order valence-corrected chi connectivity index (χ1v) is 11.6. The van der Waals surface area contributed by atoms with Crippen molar-refractivity contribution >= 4 is 50.2 Å². The van der Waals surface area contributed by atoms with E-state index in [9.17, 15) is 9.59 Å². The molecule has 0 fully saturated rings. The van der Waals surface area contributed by atoms with E-state index in [4.69, 9.17) is 21.0 Å². The van der Waals surface area contributed by atoms with Crippen molar-refractivity contribution in [2.45, 2.75) is 33.0 Å². The molecule has 33 heavy (non-hydrogen) atoms. The number of para-hydroxylation sites is 1. The van der Waals surface area contributed by atoms with Crippen LogP contribution in [0.1, 0.15) is 31.5 Å². The van der Waals surface area contributed by atoms with Crippen LogP contribution in [0, 0.1) is 0 Å². The fraction of sp³-hybridized carbons (Fsp3) is 0.208. The molecule has 0 saturated carbocycles. The molecule has 4 aromatic rings. The molecule has 9 heteroatoms. The van der Waals surface area contributed by atoms with Gasteiger partial charge in [0.1, 0.15) is 11.6 Å². The van der Waals surface area contributed by atoms with Gasteiger partial charge in [-0.1, -0.05) is 23.7 Å². The second-order valence-corrected chi connectivity index (χ2v) is 8.76. The maximum absolute atomic E-state index is 13.4. The Morgan fingerprint density at radius 2 is 2.03 bits per heavy atom. The molecule has 4 rings (SSSR count). The van der Waals surface area contributed by atoms with Crippen molar-refractivity contribution in [2.75, 3.05) is 5.32 Å². The van der Waals surface area contributed by atoms with Gasteiger partial charge in [0.25, 0.3) is 5.56 Å². The summed E-state index contributed by atoms with van der Waals surface area (Å²) in [4.78, 5) is 33.0. The average molecular weight is 530 g/mol. The van der Waals surface area contributed by atoms with E-state index in [0.717, 1.165) is 4.47 Å². The molecule has 1 N–H and O–H groups in total. The van der Waals surface area contributed by atoms with E-state index in [1.807, 2.05) is 32.0 Å². The predicted octanol–water partition coefficient (Wildman–Crippen LogP) is 6.22. The van der Waals surface area contributed by atoms with Crippen LogP contribution < -0.4 is 10.9 Å². The van der Waals surface area contributed by atoms with Gasteiger partial charge in [0, 0.05) is 16.0 Å². The lowest BCUT2D eigenvalue weighted by atomic mass is 10.2. The number of hydrogen-bond acceptors (Lipinski definition) is 4. The molecule has 170 valence electrons. The van der Waals surface area contributed by atoms with Crippen LogP contribution in [-0.4, -0.2) is 20.5 Å². The standard InChI is InChI=1S/C24H22BrClN4O3/c1-3-29-22(27-20-11-10-16(26)13-18(20)23(29)31)15(2)30(14-17-7-6-12-33-17)24(32)28-21-9-5-4-8-19(21)25/h4-13,15H,3,14H2,1-2H3,(H,28,32). The third-order valence-electron chi connectivity index (χ3n) is 5.39. The van der Waals surface area contributed by atoms with Gasteiger partial charge in [0.05, 0.1) is 35.4 Å². The summed E-state index contributed by atoms with van der Waals surface area (Å²) >= 11 is 9.56. The minimum Gasteiger partial charge on any atom is -0.467 e. The number of carbonyl (C=O) groups excluding carboxylic acids is 1. The number of benzene rings is 2. The number of urea groups is 1. The van der Waals surface area contributed by atoms with E-state index in [1.54, 1.807) is 52.1 Å². The number of rotatable bonds is 6. The average Bonchev–Trinajstić information content (AvgIpc) is 3.32. The number of anilines is 1. The molecule has 0 saturated heterocycles. The fourth-order valence-electron chi connectivity index (χ4n) is 3.68. The Bertz CT molecular complexity index is 1350. The molecule has 7 nitrogen and oxygen atoms in total. The van der Waals surface area contributed by atoms with Gasteiger partial charge in [-0.05, 0) is 72.2 Å². The summed E-state index contributed by atoms with van der Waals surface area (Å²) in [5.74, 6) is 1.09. The topological polar surface area (TPSA) is 80.4 Å². The van der Waals surface area contributed by atoms with Crippen LogP contribution in [-0.2, 0) is 13.1 Å². The Morgan fingerprint density at radius 3 is 2.73 bits per heavy atom. The Labute approximate surface area is 204 Å². The lowest BCUT2D eigenvalue weighted by Crippen LogP contribution is -2.39. The molecule has 2 amide bonds. The summed E-state index contributed by atoms with van der Waals surface area (Å²) in [6, 6.07) is 15.1. The zero-order chi connectivity index (χ0) is 23.5. The molecule has 2 heterocycles. The number of carbonyl (C=O) groups is 1. The third kappa shape index (κ3) is 4.82. The van der Waals surface area contributed by atoms with E-state index in [1.165, 1.54) is 0 Å². The lowest BCUT2D eigenvalue weighted by Gasteiger charge is -2.30. The van der Waals surface area contributed by atoms with Crippen LogP contribution in [0.25, 0.3) is 10.9 Å². The van der Waals surface area contributed by atoms with E-state index >= 15 is 0 Å². The number of nitrogens with zero attached hydrogens (tertiary/aromatic N) is 3. The first-order valence-electron chi connectivity index (χ1n) is 10.4. The van der Waals surface area contributed by atoms with Crippen molar-refractivity contribution < 1.29 is 9.21 Å². The van der Waals surface area contributed by atoms with Gasteiger partial charge >= 0.3 is 6.03 Å². The minimum atomic E-state index is -0.537. The number of furan rings is 1. The molecule has 0 aliphatic rings. The maximum Gasteiger partial charge on any atom is 0.322 e. The zero-order valence-corrected chi connectivity index (χ0v) is 20.4. The van der Waals surface area contributed by atoms with Crippen LogP contribution in [0.3, 0.4) is 0 Å². The Morgan fingerprint density at radius 1 is 1.24 bits per heavy atom. The molecule has 2 aromatic carbocycles. The fourth-order valence-corrected chi connectivity index (χ4v) is 4.23. The maximum atomic E-state index is 13.4. The van der Waals surface area contributed by atoms with Gasteiger partial charge in [-0.3, -0.25) is 9.36 Å². The van der Waals surface area contributed by atoms with Gasteiger partial charge in [-0.2, -0.15) is 0 Å². The molecule has 0 bridgehead atoms. The summed E-state index contributed by atoms with van der Waals surface area (Å²) in [6.07, 6.45) is 1.56. The molecule has 0 radical (unpaired) electrons. The van der Waals surface area contributed by atoms with Crippen molar-refractivity contribution in [3.63, 3.8) is 0 Å². The predicted molar refractivity (Wildman–Crippen MR) is 133 cm³/mol. The lowest BCUT2D eigenvalue weighted by molar-refractivity contribution is 0.178. The number of aromatic nitrogens is 2. The normalized spacial score (nSPS) is 12.0. The highest BCUT2D eigenvalue weighted by Crippen LogP contribution is 2.26. The van der Waals surface area contributed by atoms with Crippen molar-refractivity contribution in [3.8, 4) is 0 Å². The van der Waals surface area contributed by atoms with E-state index < -0.39 is 6.04 Å². The second-order valence-electron chi connectivity index (χ2n) is 7.47. The van der Waals surface area contributed by atoms with E-state index in [2.05, 4.69) is 21.2 Å². The molecule has 0 aliphatic carbocycles. The van der Waals surface area contributed by atoms with E-state index in [-0.39, 0.29) is 18.1 Å². The SMILES string of the molecule is CCn1c(C(C)N(Cc2ccco2)C(=O)Nc2ccccc2Br)nc2ccc(Cl)cc2c1=O. The Balaban J connectivity index is 1.77. The van der Waals surface area contributed by atoms with Gasteiger partial charge in [0.2, 0.25) is 0 Å². The van der Waals surface area contributed by atoms with Crippen LogP contribution in [0.4, 0.5) is 10.5 Å². The first kappa shape index (κ1) is 23.1. The number of nitrogens with one attached hydrogen (secondary N) is 1. The van der Waals surface area contributed by atoms with E-state index in [0.29, 0.717) is 39.7 Å². The highest BCUT2D eigenvalue weighted by molar-refractivity contribution is 9.10. The van der Waals surface area contributed by atoms with Gasteiger partial charge in [-0.15, -0.1) is 0 Å². The zero-order valence-electron chi connectivity index (χ0n) is 18.1. The summed E-state index contributed by atoms with van der Waals surface area (Å²) in [7, 11) is 0. The summed E-state index contributed by atoms with van der Waals surface area (Å²) in [5, 5.41) is 3.85. The monoisotopic (exact) mass is 528 g/mol. The number of amides is 2. The van der Waals surface area contributed by atoms with Crippen molar-refractivity contribution in [1.29, 1.82) is 0 Å². The Kier molecular flexibility index (Phi) is 6.85. The molecule has 1 unspecified atom stereocenters. The van der Waals surface area contributed by atoms with Gasteiger partial charge < -0.3 is 14.6 Å². The smallest absolute Gasteiger partial charge is 0.322 e. The Hall–Kier alpha value is -3.10. The molecule has 2 aromatic heterocycles. The molecular formula is C24H22BrClN4O3. The number of hydrogen-bond donors (Lipinski definition) is 1. The number of halogens is 2. The quantitative estimate of drug-likeness (QED) is 0.321. The third-order valence-corrected chi connectivity index (χ3v) is 6.31. The highest BCUT2D eigenvalue weighted by atomic mass is 79.9. The summed E-state index contributed by atoms with van der Waals surface area (Å²) in [5.41, 5.74) is 0.962. The van der Waals surface area contributed by atoms with Crippen LogP contribution in [0.2, 0.25) is 5.02 Å². The molecule has 0 spiro atoms. The van der Waals surface area contributed by atoms with Crippen LogP contribution >= 0.6 is 27.5 Å². The number of fused-ring (bicyclic) bond motifs is 1. The summed E-state index contributed by atoms with van der Waals surface area (Å²) < 4.78 is 7.84. The largest absolute Gasteiger partial charge is 0.467 e. The van der Waals surface area contributed by atoms with Crippen molar-refractivity contribution in [2.24, 2.45) is 0 Å². The van der Waals surface area contributed by atoms with Gasteiger partial charge in [-0.25, -0.2) is 9.78 Å². The second kappa shape index (κ2) is 9.80. The molecule has 1 atom stereocenters. The first-order chi connectivity index (χ1) is 15.9. The van der Waals surface area contributed by atoms with Crippen LogP contribution in [0.15, 0.2) is 74.5 Å². The van der Waals surface area contributed by atoms with Gasteiger partial charge in [0.15, 0.2) is 0 Å². The summed E-state index contributed by atoms with van der Waals surface area (Å²) in [6.45, 7) is 4.31. The molecule has 0 aliphatic heterocycles. The molecular weight excluding hydrogens is 508 g/mol.